The molecule has 5 nitrogen and oxygen atoms in total. The van der Waals surface area contributed by atoms with Crippen LogP contribution in [0, 0.1) is 0 Å². The Morgan fingerprint density at radius 3 is 2.63 bits per heavy atom. The van der Waals surface area contributed by atoms with E-state index < -0.39 is 0 Å². The lowest BCUT2D eigenvalue weighted by Crippen LogP contribution is -2.36. The van der Waals surface area contributed by atoms with Gasteiger partial charge in [-0.3, -0.25) is 4.98 Å². The molecule has 0 spiro atoms. The summed E-state index contributed by atoms with van der Waals surface area (Å²) >= 11 is 0. The maximum absolute atomic E-state index is 6.17. The van der Waals surface area contributed by atoms with Crippen LogP contribution in [0.15, 0.2) is 12.1 Å². The van der Waals surface area contributed by atoms with Gasteiger partial charge in [-0.25, -0.2) is 0 Å². The van der Waals surface area contributed by atoms with Crippen molar-refractivity contribution in [2.75, 3.05) is 38.7 Å². The minimum Gasteiger partial charge on any atom is -0.493 e. The van der Waals surface area contributed by atoms with Gasteiger partial charge in [0, 0.05) is 34.9 Å². The number of nitrogens with one attached hydrogen (secondary N) is 1. The van der Waals surface area contributed by atoms with Crippen LogP contribution in [0.3, 0.4) is 0 Å². The molecule has 0 unspecified atom stereocenters. The monoisotopic (exact) mass is 411 g/mol. The second kappa shape index (κ2) is 8.62. The second-order valence-electron chi connectivity index (χ2n) is 9.79. The van der Waals surface area contributed by atoms with E-state index in [1.54, 1.807) is 7.11 Å². The van der Waals surface area contributed by atoms with Crippen molar-refractivity contribution >= 4 is 16.6 Å². The summed E-state index contributed by atoms with van der Waals surface area (Å²) in [6, 6.07) is 4.18. The Hall–Kier alpha value is -2.01. The van der Waals surface area contributed by atoms with Crippen LogP contribution in [0.4, 0.5) is 5.69 Å². The highest BCUT2D eigenvalue weighted by atomic mass is 16.5. The third-order valence-electron chi connectivity index (χ3n) is 6.49. The molecule has 1 fully saturated rings. The van der Waals surface area contributed by atoms with Gasteiger partial charge < -0.3 is 19.7 Å². The van der Waals surface area contributed by atoms with Crippen molar-refractivity contribution in [3.8, 4) is 11.5 Å². The Balaban J connectivity index is 1.64. The van der Waals surface area contributed by atoms with Crippen molar-refractivity contribution in [1.29, 1.82) is 0 Å². The molecular weight excluding hydrogens is 374 g/mol. The average Bonchev–Trinajstić information content (AvgIpc) is 3.22. The molecule has 2 aliphatic heterocycles. The van der Waals surface area contributed by atoms with Gasteiger partial charge in [-0.2, -0.15) is 0 Å². The molecular formula is C25H37N3O2. The summed E-state index contributed by atoms with van der Waals surface area (Å²) in [6.07, 6.45) is 5.87. The van der Waals surface area contributed by atoms with E-state index in [1.165, 1.54) is 42.9 Å². The predicted octanol–water partition coefficient (Wildman–Crippen LogP) is 5.37. The lowest BCUT2D eigenvalue weighted by atomic mass is 9.85. The molecule has 1 N–H and O–H groups in total. The standard InChI is InChI=1S/C25H37N3O2/c1-17(2)23-18-9-10-25(3,4)27-24(18)19-15-21(29-5)22(16-20(19)26-23)30-14-8-13-28-11-6-7-12-28/h15-17,27H,6-14H2,1-5H3. The summed E-state index contributed by atoms with van der Waals surface area (Å²) in [4.78, 5) is 7.60. The molecule has 164 valence electrons. The molecule has 0 saturated carbocycles. The first-order chi connectivity index (χ1) is 14.4. The number of fused-ring (bicyclic) bond motifs is 3. The molecule has 4 rings (SSSR count). The Labute approximate surface area is 181 Å². The Morgan fingerprint density at radius 2 is 1.93 bits per heavy atom. The summed E-state index contributed by atoms with van der Waals surface area (Å²) in [5.74, 6) is 1.97. The number of hydrogen-bond acceptors (Lipinski definition) is 5. The fourth-order valence-electron chi connectivity index (χ4n) is 4.79. The fraction of sp³-hybridized carbons (Fsp3) is 0.640. The number of likely N-dealkylation sites (tertiary alicyclic amines) is 1. The summed E-state index contributed by atoms with van der Waals surface area (Å²) < 4.78 is 11.9. The van der Waals surface area contributed by atoms with E-state index in [9.17, 15) is 0 Å². The van der Waals surface area contributed by atoms with Gasteiger partial charge in [0.2, 0.25) is 0 Å². The summed E-state index contributed by atoms with van der Waals surface area (Å²) in [5, 5.41) is 4.92. The van der Waals surface area contributed by atoms with Crippen molar-refractivity contribution in [2.45, 2.75) is 71.3 Å². The number of nitrogens with zero attached hydrogens (tertiary/aromatic N) is 2. The number of benzene rings is 1. The number of rotatable bonds is 7. The zero-order valence-electron chi connectivity index (χ0n) is 19.3. The highest BCUT2D eigenvalue weighted by Crippen LogP contribution is 2.42. The van der Waals surface area contributed by atoms with Crippen LogP contribution in [-0.4, -0.2) is 48.8 Å². The van der Waals surface area contributed by atoms with Crippen molar-refractivity contribution in [3.63, 3.8) is 0 Å². The molecule has 0 radical (unpaired) electrons. The van der Waals surface area contributed by atoms with Crippen LogP contribution >= 0.6 is 0 Å². The van der Waals surface area contributed by atoms with E-state index in [0.717, 1.165) is 48.2 Å². The zero-order chi connectivity index (χ0) is 21.3. The minimum atomic E-state index is 0.0769. The third-order valence-corrected chi connectivity index (χ3v) is 6.49. The van der Waals surface area contributed by atoms with Crippen LogP contribution < -0.4 is 14.8 Å². The molecule has 1 saturated heterocycles. The lowest BCUT2D eigenvalue weighted by Gasteiger charge is -2.36. The Kier molecular flexibility index (Phi) is 6.10. The van der Waals surface area contributed by atoms with Crippen LogP contribution in [0.1, 0.15) is 70.6 Å². The normalized spacial score (nSPS) is 18.5. The number of pyridine rings is 1. The van der Waals surface area contributed by atoms with Gasteiger partial charge in [-0.1, -0.05) is 13.8 Å². The van der Waals surface area contributed by atoms with E-state index in [-0.39, 0.29) is 5.54 Å². The second-order valence-corrected chi connectivity index (χ2v) is 9.79. The fourth-order valence-corrected chi connectivity index (χ4v) is 4.79. The van der Waals surface area contributed by atoms with Gasteiger partial charge in [0.25, 0.3) is 0 Å². The number of hydrogen-bond donors (Lipinski definition) is 1. The number of aromatic nitrogens is 1. The van der Waals surface area contributed by atoms with E-state index in [1.807, 2.05) is 0 Å². The van der Waals surface area contributed by atoms with Gasteiger partial charge in [-0.15, -0.1) is 0 Å². The highest BCUT2D eigenvalue weighted by molar-refractivity contribution is 5.96. The molecule has 2 aliphatic rings. The summed E-state index contributed by atoms with van der Waals surface area (Å²) in [7, 11) is 1.72. The summed E-state index contributed by atoms with van der Waals surface area (Å²) in [6.45, 7) is 13.3. The number of ether oxygens (including phenoxy) is 2. The number of methoxy groups -OCH3 is 1. The van der Waals surface area contributed by atoms with E-state index in [2.05, 4.69) is 50.0 Å². The number of anilines is 1. The van der Waals surface area contributed by atoms with Crippen LogP contribution in [-0.2, 0) is 6.42 Å². The van der Waals surface area contributed by atoms with Gasteiger partial charge in [0.1, 0.15) is 0 Å². The molecule has 0 bridgehead atoms. The van der Waals surface area contributed by atoms with Crippen molar-refractivity contribution in [3.05, 3.63) is 23.4 Å². The van der Waals surface area contributed by atoms with Gasteiger partial charge in [-0.05, 0) is 76.6 Å². The zero-order valence-corrected chi connectivity index (χ0v) is 19.3. The van der Waals surface area contributed by atoms with Gasteiger partial charge in [0.15, 0.2) is 11.5 Å². The molecule has 0 amide bonds. The predicted molar refractivity (Wildman–Crippen MR) is 124 cm³/mol. The Bertz CT molecular complexity index is 901. The molecule has 1 aromatic carbocycles. The third kappa shape index (κ3) is 4.36. The first-order valence-electron chi connectivity index (χ1n) is 11.6. The van der Waals surface area contributed by atoms with Crippen molar-refractivity contribution in [1.82, 2.24) is 9.88 Å². The summed E-state index contributed by atoms with van der Waals surface area (Å²) in [5.41, 5.74) is 4.84. The molecule has 0 atom stereocenters. The van der Waals surface area contributed by atoms with Gasteiger partial charge in [0.05, 0.1) is 19.2 Å². The molecule has 2 aromatic rings. The minimum absolute atomic E-state index is 0.0769. The molecule has 5 heteroatoms. The van der Waals surface area contributed by atoms with Crippen molar-refractivity contribution in [2.24, 2.45) is 0 Å². The first kappa shape index (κ1) is 21.2. The Morgan fingerprint density at radius 1 is 1.17 bits per heavy atom. The molecule has 3 heterocycles. The first-order valence-corrected chi connectivity index (χ1v) is 11.6. The topological polar surface area (TPSA) is 46.6 Å². The lowest BCUT2D eigenvalue weighted by molar-refractivity contribution is 0.254. The smallest absolute Gasteiger partial charge is 0.163 e. The van der Waals surface area contributed by atoms with Crippen molar-refractivity contribution < 1.29 is 9.47 Å². The maximum Gasteiger partial charge on any atom is 0.163 e. The van der Waals surface area contributed by atoms with E-state index >= 15 is 0 Å². The maximum atomic E-state index is 6.17. The quantitative estimate of drug-likeness (QED) is 0.621. The molecule has 0 aliphatic carbocycles. The van der Waals surface area contributed by atoms with Crippen LogP contribution in [0.2, 0.25) is 0 Å². The van der Waals surface area contributed by atoms with Crippen LogP contribution in [0.5, 0.6) is 11.5 Å². The highest BCUT2D eigenvalue weighted by Gasteiger charge is 2.29. The molecule has 30 heavy (non-hydrogen) atoms. The average molecular weight is 412 g/mol. The SMILES string of the molecule is COc1cc2c3c(c(C(C)C)nc2cc1OCCCN1CCCC1)CCC(C)(C)N3. The largest absolute Gasteiger partial charge is 0.493 e. The van der Waals surface area contributed by atoms with E-state index in [0.29, 0.717) is 12.5 Å². The molecule has 1 aromatic heterocycles. The van der Waals surface area contributed by atoms with Crippen LogP contribution in [0.25, 0.3) is 10.9 Å². The van der Waals surface area contributed by atoms with E-state index in [4.69, 9.17) is 14.5 Å². The van der Waals surface area contributed by atoms with Gasteiger partial charge >= 0.3 is 0 Å².